The van der Waals surface area contributed by atoms with Crippen LogP contribution >= 0.6 is 11.6 Å². The third-order valence-electron chi connectivity index (χ3n) is 7.35. The van der Waals surface area contributed by atoms with Crippen LogP contribution in [-0.4, -0.2) is 32.2 Å². The lowest BCUT2D eigenvalue weighted by atomic mass is 9.76. The summed E-state index contributed by atoms with van der Waals surface area (Å²) >= 11 is 6.28. The highest BCUT2D eigenvalue weighted by atomic mass is 35.5. The summed E-state index contributed by atoms with van der Waals surface area (Å²) in [5, 5.41) is 23.1. The Morgan fingerprint density at radius 1 is 1.00 bits per heavy atom. The maximum atomic E-state index is 13.3. The number of amides is 1. The van der Waals surface area contributed by atoms with E-state index < -0.39 is 29.2 Å². The molecule has 3 rings (SSSR count). The van der Waals surface area contributed by atoms with E-state index in [9.17, 15) is 19.8 Å². The highest BCUT2D eigenvalue weighted by molar-refractivity contribution is 6.35. The number of phenolic OH excluding ortho intramolecular Hbond substituents is 1. The van der Waals surface area contributed by atoms with Crippen molar-refractivity contribution < 1.29 is 19.7 Å². The molecular weight excluding hydrogens is 506 g/mol. The number of hydrogen-bond acceptors (Lipinski definition) is 7. The van der Waals surface area contributed by atoms with Crippen molar-refractivity contribution in [1.82, 2.24) is 9.97 Å². The summed E-state index contributed by atoms with van der Waals surface area (Å²) in [7, 11) is 0. The van der Waals surface area contributed by atoms with Crippen LogP contribution in [0.15, 0.2) is 35.1 Å². The van der Waals surface area contributed by atoms with Gasteiger partial charge >= 0.3 is 0 Å². The molecule has 3 N–H and O–H groups in total. The van der Waals surface area contributed by atoms with Crippen molar-refractivity contribution >= 4 is 34.2 Å². The van der Waals surface area contributed by atoms with E-state index >= 15 is 0 Å². The molecule has 0 aliphatic rings. The molecule has 9 heteroatoms. The van der Waals surface area contributed by atoms with Crippen LogP contribution in [0.4, 0.5) is 5.69 Å². The van der Waals surface area contributed by atoms with E-state index in [1.165, 1.54) is 11.6 Å². The fourth-order valence-electron chi connectivity index (χ4n) is 3.99. The van der Waals surface area contributed by atoms with E-state index in [0.717, 1.165) is 24.5 Å². The molecule has 0 spiro atoms. The first-order chi connectivity index (χ1) is 17.7. The van der Waals surface area contributed by atoms with Gasteiger partial charge in [0.2, 0.25) is 5.88 Å². The highest BCUT2D eigenvalue weighted by Gasteiger charge is 2.29. The normalized spacial score (nSPS) is 12.8. The molecule has 0 fully saturated rings. The van der Waals surface area contributed by atoms with Gasteiger partial charge in [0, 0.05) is 5.56 Å². The number of aromatic nitrogens is 2. The molecule has 38 heavy (non-hydrogen) atoms. The maximum absolute atomic E-state index is 13.3. The number of rotatable bonds is 9. The average Bonchev–Trinajstić information content (AvgIpc) is 3.02. The number of carbonyl (C=O) groups is 1. The van der Waals surface area contributed by atoms with Crippen LogP contribution in [0.25, 0.3) is 11.0 Å². The Bertz CT molecular complexity index is 1420. The number of nitrogens with zero attached hydrogens (tertiary/aromatic N) is 2. The molecule has 0 saturated carbocycles. The molecule has 1 heterocycles. The van der Waals surface area contributed by atoms with Crippen LogP contribution in [0, 0.1) is 0 Å². The topological polar surface area (TPSA) is 122 Å². The van der Waals surface area contributed by atoms with Crippen LogP contribution in [0.5, 0.6) is 17.4 Å². The SMILES string of the molecule is CCC(Oc1ccc(C(C)(C)CC)cc1C(C)(C)CC)C(=O)Nc1cc(Cl)c2nc(O)cc(=O)nc2c1O. The first-order valence-electron chi connectivity index (χ1n) is 12.8. The number of halogens is 1. The molecule has 3 aromatic rings. The summed E-state index contributed by atoms with van der Waals surface area (Å²) < 4.78 is 6.29. The molecule has 1 aromatic heterocycles. The summed E-state index contributed by atoms with van der Waals surface area (Å²) in [6.45, 7) is 14.8. The fourth-order valence-corrected chi connectivity index (χ4v) is 4.23. The minimum absolute atomic E-state index is 0.00815. The first-order valence-corrected chi connectivity index (χ1v) is 13.2. The van der Waals surface area contributed by atoms with Gasteiger partial charge in [-0.3, -0.25) is 9.59 Å². The van der Waals surface area contributed by atoms with E-state index in [4.69, 9.17) is 16.3 Å². The Morgan fingerprint density at radius 3 is 2.26 bits per heavy atom. The van der Waals surface area contributed by atoms with Crippen molar-refractivity contribution in [2.24, 2.45) is 0 Å². The number of ether oxygens (including phenoxy) is 1. The number of carbonyl (C=O) groups excluding carboxylic acids is 1. The molecule has 1 unspecified atom stereocenters. The van der Waals surface area contributed by atoms with Gasteiger partial charge in [0.05, 0.1) is 16.8 Å². The largest absolute Gasteiger partial charge is 0.504 e. The molecular formula is C29H36ClN3O5. The zero-order valence-electron chi connectivity index (χ0n) is 23.0. The Labute approximate surface area is 228 Å². The Balaban J connectivity index is 1.99. The summed E-state index contributed by atoms with van der Waals surface area (Å²) in [6.07, 6.45) is 1.33. The van der Waals surface area contributed by atoms with Crippen LogP contribution in [0.2, 0.25) is 5.02 Å². The molecule has 0 aliphatic carbocycles. The maximum Gasteiger partial charge on any atom is 0.275 e. The Morgan fingerprint density at radius 2 is 1.66 bits per heavy atom. The molecule has 0 saturated heterocycles. The molecule has 204 valence electrons. The van der Waals surface area contributed by atoms with Crippen LogP contribution in [0.1, 0.15) is 78.9 Å². The zero-order chi connectivity index (χ0) is 28.4. The predicted octanol–water partition coefficient (Wildman–Crippen LogP) is 6.23. The van der Waals surface area contributed by atoms with Gasteiger partial charge in [-0.1, -0.05) is 72.2 Å². The minimum Gasteiger partial charge on any atom is -0.504 e. The Hall–Kier alpha value is -3.39. The second-order valence-electron chi connectivity index (χ2n) is 10.7. The van der Waals surface area contributed by atoms with Crippen molar-refractivity contribution in [3.05, 3.63) is 56.8 Å². The molecule has 0 radical (unpaired) electrons. The highest BCUT2D eigenvalue weighted by Crippen LogP contribution is 2.39. The predicted molar refractivity (Wildman–Crippen MR) is 151 cm³/mol. The average molecular weight is 542 g/mol. The lowest BCUT2D eigenvalue weighted by Gasteiger charge is -2.31. The Kier molecular flexibility index (Phi) is 8.56. The number of fused-ring (bicyclic) bond motifs is 1. The van der Waals surface area contributed by atoms with Crippen molar-refractivity contribution in [2.45, 2.75) is 84.7 Å². The van der Waals surface area contributed by atoms with Gasteiger partial charge in [-0.2, -0.15) is 0 Å². The van der Waals surface area contributed by atoms with Crippen LogP contribution in [-0.2, 0) is 15.6 Å². The number of phenols is 1. The molecule has 1 atom stereocenters. The van der Waals surface area contributed by atoms with Gasteiger partial charge in [-0.15, -0.1) is 0 Å². The molecule has 8 nitrogen and oxygen atoms in total. The number of benzene rings is 2. The van der Waals surface area contributed by atoms with Gasteiger partial charge in [-0.25, -0.2) is 9.97 Å². The molecule has 2 aromatic carbocycles. The van der Waals surface area contributed by atoms with E-state index in [0.29, 0.717) is 12.2 Å². The van der Waals surface area contributed by atoms with Crippen LogP contribution in [0.3, 0.4) is 0 Å². The minimum atomic E-state index is -0.877. The summed E-state index contributed by atoms with van der Waals surface area (Å²) in [4.78, 5) is 32.8. The monoisotopic (exact) mass is 541 g/mol. The smallest absolute Gasteiger partial charge is 0.275 e. The second kappa shape index (κ2) is 11.2. The van der Waals surface area contributed by atoms with Gasteiger partial charge in [-0.05, 0) is 47.8 Å². The number of aromatic hydroxyl groups is 2. The summed E-state index contributed by atoms with van der Waals surface area (Å²) in [5.74, 6) is -0.963. The molecule has 1 amide bonds. The number of nitrogens with one attached hydrogen (secondary N) is 1. The second-order valence-corrected chi connectivity index (χ2v) is 11.1. The van der Waals surface area contributed by atoms with Gasteiger partial charge in [0.15, 0.2) is 11.9 Å². The first kappa shape index (κ1) is 29.2. The van der Waals surface area contributed by atoms with E-state index in [2.05, 4.69) is 62.9 Å². The van der Waals surface area contributed by atoms with E-state index in [1.807, 2.05) is 19.1 Å². The third-order valence-corrected chi connectivity index (χ3v) is 7.64. The van der Waals surface area contributed by atoms with Crippen molar-refractivity contribution in [3.8, 4) is 17.4 Å². The fraction of sp³-hybridized carbons (Fsp3) is 0.448. The summed E-state index contributed by atoms with van der Waals surface area (Å²) in [6, 6.07) is 8.24. The lowest BCUT2D eigenvalue weighted by Crippen LogP contribution is -2.33. The van der Waals surface area contributed by atoms with Crippen molar-refractivity contribution in [1.29, 1.82) is 0 Å². The van der Waals surface area contributed by atoms with Gasteiger partial charge in [0.25, 0.3) is 11.5 Å². The van der Waals surface area contributed by atoms with Crippen LogP contribution < -0.4 is 15.6 Å². The zero-order valence-corrected chi connectivity index (χ0v) is 23.7. The van der Waals surface area contributed by atoms with Crippen molar-refractivity contribution in [3.63, 3.8) is 0 Å². The van der Waals surface area contributed by atoms with E-state index in [-0.39, 0.29) is 32.6 Å². The van der Waals surface area contributed by atoms with Gasteiger partial charge < -0.3 is 20.3 Å². The van der Waals surface area contributed by atoms with Crippen molar-refractivity contribution in [2.75, 3.05) is 5.32 Å². The summed E-state index contributed by atoms with van der Waals surface area (Å²) in [5.41, 5.74) is 0.830. The number of hydrogen-bond donors (Lipinski definition) is 3. The molecule has 0 aliphatic heterocycles. The third kappa shape index (κ3) is 6.01. The quantitative estimate of drug-likeness (QED) is 0.275. The number of anilines is 1. The standard InChI is InChI=1S/C29H36ClN3O5/c1-8-20(38-21-12-11-16(28(4,5)9-2)13-17(21)29(6,7)10-3)27(37)31-19-14-18(30)24-25(26(19)36)33-23(35)15-22(34)32-24/h11-15,20,34,36H,8-10H2,1-7H3,(H,31,37). The van der Waals surface area contributed by atoms with E-state index in [1.54, 1.807) is 0 Å². The van der Waals surface area contributed by atoms with Gasteiger partial charge in [0.1, 0.15) is 16.8 Å². The molecule has 0 bridgehead atoms. The lowest BCUT2D eigenvalue weighted by molar-refractivity contribution is -0.122.